The number of alkyl carbamates (subject to hydrolysis) is 1. The summed E-state index contributed by atoms with van der Waals surface area (Å²) in [5, 5.41) is 17.9. The van der Waals surface area contributed by atoms with Crippen molar-refractivity contribution in [1.29, 1.82) is 0 Å². The lowest BCUT2D eigenvalue weighted by Crippen LogP contribution is -2.50. The molecule has 0 radical (unpaired) electrons. The summed E-state index contributed by atoms with van der Waals surface area (Å²) in [4.78, 5) is 26.3. The van der Waals surface area contributed by atoms with E-state index in [2.05, 4.69) is 10.6 Å². The Kier molecular flexibility index (Phi) is 6.05. The van der Waals surface area contributed by atoms with E-state index in [1.165, 1.54) is 0 Å². The lowest BCUT2D eigenvalue weighted by atomic mass is 10.0. The molecular formula is C21H26N2O4S. The summed E-state index contributed by atoms with van der Waals surface area (Å²) in [5.41, 5.74) is 1.20. The van der Waals surface area contributed by atoms with Crippen molar-refractivity contribution in [2.24, 2.45) is 0 Å². The summed E-state index contributed by atoms with van der Waals surface area (Å²) in [6.07, 6.45) is -0.455. The SMILES string of the molecule is CC(C)(C)OC(=O)NC(Cc1ccccc1)C(=O)NC1c2ccsc2CC1O. The molecule has 1 aromatic carbocycles. The van der Waals surface area contributed by atoms with Crippen molar-refractivity contribution in [3.8, 4) is 0 Å². The summed E-state index contributed by atoms with van der Waals surface area (Å²) in [7, 11) is 0. The highest BCUT2D eigenvalue weighted by Crippen LogP contribution is 2.35. The summed E-state index contributed by atoms with van der Waals surface area (Å²) in [6, 6.07) is 10.1. The second-order valence-corrected chi connectivity index (χ2v) is 8.95. The third-order valence-corrected chi connectivity index (χ3v) is 5.44. The molecular weight excluding hydrogens is 376 g/mol. The van der Waals surface area contributed by atoms with Crippen molar-refractivity contribution in [3.05, 3.63) is 57.8 Å². The largest absolute Gasteiger partial charge is 0.444 e. The Labute approximate surface area is 168 Å². The van der Waals surface area contributed by atoms with E-state index >= 15 is 0 Å². The first-order chi connectivity index (χ1) is 13.2. The zero-order valence-corrected chi connectivity index (χ0v) is 17.1. The number of thiophene rings is 1. The first-order valence-electron chi connectivity index (χ1n) is 9.31. The molecule has 2 amide bonds. The molecule has 1 heterocycles. The molecule has 0 aliphatic heterocycles. The van der Waals surface area contributed by atoms with Crippen molar-refractivity contribution in [2.45, 2.75) is 57.4 Å². The van der Waals surface area contributed by atoms with Crippen LogP contribution in [0.5, 0.6) is 0 Å². The molecule has 0 saturated heterocycles. The second-order valence-electron chi connectivity index (χ2n) is 7.95. The monoisotopic (exact) mass is 402 g/mol. The van der Waals surface area contributed by atoms with Crippen molar-refractivity contribution in [3.63, 3.8) is 0 Å². The van der Waals surface area contributed by atoms with Gasteiger partial charge in [0.25, 0.3) is 0 Å². The Balaban J connectivity index is 1.73. The van der Waals surface area contributed by atoms with Crippen LogP contribution in [0.3, 0.4) is 0 Å². The number of fused-ring (bicyclic) bond motifs is 1. The van der Waals surface area contributed by atoms with Gasteiger partial charge in [0, 0.05) is 17.7 Å². The zero-order chi connectivity index (χ0) is 20.3. The van der Waals surface area contributed by atoms with Crippen LogP contribution in [0.2, 0.25) is 0 Å². The molecule has 6 nitrogen and oxygen atoms in total. The Bertz CT molecular complexity index is 828. The second kappa shape index (κ2) is 8.32. The van der Waals surface area contributed by atoms with Gasteiger partial charge in [-0.3, -0.25) is 4.79 Å². The number of aliphatic hydroxyl groups excluding tert-OH is 1. The van der Waals surface area contributed by atoms with Gasteiger partial charge in [0.1, 0.15) is 11.6 Å². The highest BCUT2D eigenvalue weighted by atomic mass is 32.1. The molecule has 2 aromatic rings. The lowest BCUT2D eigenvalue weighted by Gasteiger charge is -2.25. The molecule has 28 heavy (non-hydrogen) atoms. The van der Waals surface area contributed by atoms with E-state index in [9.17, 15) is 14.7 Å². The number of carbonyl (C=O) groups excluding carboxylic acids is 2. The minimum Gasteiger partial charge on any atom is -0.444 e. The number of benzene rings is 1. The van der Waals surface area contributed by atoms with Crippen LogP contribution in [0.25, 0.3) is 0 Å². The van der Waals surface area contributed by atoms with Crippen LogP contribution in [0.15, 0.2) is 41.8 Å². The molecule has 150 valence electrons. The maximum absolute atomic E-state index is 13.0. The van der Waals surface area contributed by atoms with Gasteiger partial charge in [-0.2, -0.15) is 0 Å². The van der Waals surface area contributed by atoms with Crippen LogP contribution in [0, 0.1) is 0 Å². The predicted molar refractivity (Wildman–Crippen MR) is 108 cm³/mol. The third kappa shape index (κ3) is 5.11. The van der Waals surface area contributed by atoms with Gasteiger partial charge in [0.05, 0.1) is 12.1 Å². The Morgan fingerprint density at radius 1 is 1.25 bits per heavy atom. The molecule has 1 aliphatic carbocycles. The van der Waals surface area contributed by atoms with Gasteiger partial charge in [0.2, 0.25) is 5.91 Å². The maximum atomic E-state index is 13.0. The Hall–Kier alpha value is -2.38. The minimum atomic E-state index is -0.813. The summed E-state index contributed by atoms with van der Waals surface area (Å²) >= 11 is 1.57. The van der Waals surface area contributed by atoms with Gasteiger partial charge in [-0.1, -0.05) is 30.3 Å². The molecule has 0 saturated carbocycles. The van der Waals surface area contributed by atoms with E-state index in [0.29, 0.717) is 12.8 Å². The quantitative estimate of drug-likeness (QED) is 0.718. The van der Waals surface area contributed by atoms with Crippen LogP contribution >= 0.6 is 11.3 Å². The maximum Gasteiger partial charge on any atom is 0.408 e. The minimum absolute atomic E-state index is 0.325. The lowest BCUT2D eigenvalue weighted by molar-refractivity contribution is -0.124. The van der Waals surface area contributed by atoms with E-state index in [-0.39, 0.29) is 5.91 Å². The van der Waals surface area contributed by atoms with E-state index in [4.69, 9.17) is 4.74 Å². The smallest absolute Gasteiger partial charge is 0.408 e. The average Bonchev–Trinajstić information content (AvgIpc) is 3.16. The molecule has 0 spiro atoms. The van der Waals surface area contributed by atoms with E-state index < -0.39 is 29.9 Å². The summed E-state index contributed by atoms with van der Waals surface area (Å²) in [6.45, 7) is 5.31. The summed E-state index contributed by atoms with van der Waals surface area (Å²) in [5.74, 6) is -0.349. The number of nitrogens with one attached hydrogen (secondary N) is 2. The number of amides is 2. The van der Waals surface area contributed by atoms with Gasteiger partial charge >= 0.3 is 6.09 Å². The fourth-order valence-corrected chi connectivity index (χ4v) is 4.22. The molecule has 1 aliphatic rings. The number of hydrogen-bond donors (Lipinski definition) is 3. The van der Waals surface area contributed by atoms with Crippen LogP contribution in [-0.4, -0.2) is 34.9 Å². The molecule has 0 fully saturated rings. The van der Waals surface area contributed by atoms with Crippen LogP contribution < -0.4 is 10.6 Å². The molecule has 3 atom stereocenters. The molecule has 3 N–H and O–H groups in total. The van der Waals surface area contributed by atoms with Crippen LogP contribution in [-0.2, 0) is 22.4 Å². The van der Waals surface area contributed by atoms with Crippen molar-refractivity contribution < 1.29 is 19.4 Å². The van der Waals surface area contributed by atoms with Gasteiger partial charge in [-0.25, -0.2) is 4.79 Å². The molecule has 0 bridgehead atoms. The number of hydrogen-bond acceptors (Lipinski definition) is 5. The third-order valence-electron chi connectivity index (χ3n) is 4.48. The average molecular weight is 403 g/mol. The van der Waals surface area contributed by atoms with Gasteiger partial charge in [0.15, 0.2) is 0 Å². The van der Waals surface area contributed by atoms with Gasteiger partial charge in [-0.15, -0.1) is 11.3 Å². The zero-order valence-electron chi connectivity index (χ0n) is 16.3. The van der Waals surface area contributed by atoms with Crippen molar-refractivity contribution in [1.82, 2.24) is 10.6 Å². The number of aliphatic hydroxyl groups is 1. The standard InChI is InChI=1S/C21H26N2O4S/c1-21(2,3)27-20(26)22-15(11-13-7-5-4-6-8-13)19(25)23-18-14-9-10-28-17(14)12-16(18)24/h4-10,15-16,18,24H,11-12H2,1-3H3,(H,22,26)(H,23,25). The molecule has 3 unspecified atom stereocenters. The number of rotatable bonds is 5. The first-order valence-corrected chi connectivity index (χ1v) is 10.2. The number of carbonyl (C=O) groups is 2. The predicted octanol–water partition coefficient (Wildman–Crippen LogP) is 2.96. The molecule has 3 rings (SSSR count). The van der Waals surface area contributed by atoms with Crippen molar-refractivity contribution in [2.75, 3.05) is 0 Å². The van der Waals surface area contributed by atoms with Crippen molar-refractivity contribution >= 4 is 23.3 Å². The fraction of sp³-hybridized carbons (Fsp3) is 0.429. The van der Waals surface area contributed by atoms with E-state index in [0.717, 1.165) is 16.0 Å². The van der Waals surface area contributed by atoms with Gasteiger partial charge < -0.3 is 20.5 Å². The fourth-order valence-electron chi connectivity index (χ4n) is 3.25. The topological polar surface area (TPSA) is 87.7 Å². The van der Waals surface area contributed by atoms with Crippen LogP contribution in [0.1, 0.15) is 42.8 Å². The van der Waals surface area contributed by atoms with E-state index in [1.54, 1.807) is 32.1 Å². The van der Waals surface area contributed by atoms with Crippen LogP contribution in [0.4, 0.5) is 4.79 Å². The molecule has 1 aromatic heterocycles. The van der Waals surface area contributed by atoms with E-state index in [1.807, 2.05) is 41.8 Å². The first kappa shape index (κ1) is 20.4. The normalized spacial score (nSPS) is 19.6. The Morgan fingerprint density at radius 2 is 1.96 bits per heavy atom. The molecule has 7 heteroatoms. The Morgan fingerprint density at radius 3 is 2.64 bits per heavy atom. The van der Waals surface area contributed by atoms with Gasteiger partial charge in [-0.05, 0) is 43.3 Å². The highest BCUT2D eigenvalue weighted by Gasteiger charge is 2.35. The highest BCUT2D eigenvalue weighted by molar-refractivity contribution is 7.10. The summed E-state index contributed by atoms with van der Waals surface area (Å²) < 4.78 is 5.31. The number of ether oxygens (including phenoxy) is 1.